The van der Waals surface area contributed by atoms with E-state index in [-0.39, 0.29) is 19.1 Å². The van der Waals surface area contributed by atoms with E-state index in [1.165, 1.54) is 212 Å². The molecule has 65 heavy (non-hydrogen) atoms. The Morgan fingerprint density at radius 1 is 0.508 bits per heavy atom. The SMILES string of the molecule is CCCCCCCCC/C=C\CCCCCCCC(=O)NC(COP(=O)(O)OCC[N+](C)(C)C)C(O)CCCCCCCCCCCCCCCCCCCCCCCCCCCCC. The first-order valence-corrected chi connectivity index (χ1v) is 30.0. The minimum absolute atomic E-state index is 0.0754. The van der Waals surface area contributed by atoms with Gasteiger partial charge in [-0.05, 0) is 38.5 Å². The van der Waals surface area contributed by atoms with Crippen LogP contribution < -0.4 is 5.32 Å². The summed E-state index contributed by atoms with van der Waals surface area (Å²) in [6.45, 7) is 4.92. The Bertz CT molecular complexity index is 1070. The van der Waals surface area contributed by atoms with Crippen molar-refractivity contribution in [2.45, 2.75) is 302 Å². The van der Waals surface area contributed by atoms with Gasteiger partial charge in [-0.25, -0.2) is 4.57 Å². The first kappa shape index (κ1) is 64.2. The lowest BCUT2D eigenvalue weighted by atomic mass is 10.0. The molecule has 1 amide bonds. The zero-order valence-corrected chi connectivity index (χ0v) is 45.2. The number of aliphatic hydroxyl groups is 1. The number of nitrogens with zero attached hydrogens (tertiary/aromatic N) is 1. The van der Waals surface area contributed by atoms with Crippen molar-refractivity contribution in [3.63, 3.8) is 0 Å². The molecule has 3 N–H and O–H groups in total. The molecule has 3 unspecified atom stereocenters. The maximum Gasteiger partial charge on any atom is 0.472 e. The number of phosphoric acid groups is 1. The quantitative estimate of drug-likeness (QED) is 0.0243. The van der Waals surface area contributed by atoms with Gasteiger partial charge in [0.05, 0.1) is 39.9 Å². The fraction of sp³-hybridized carbons (Fsp3) is 0.946. The normalized spacial score (nSPS) is 14.0. The number of rotatable bonds is 53. The number of unbranched alkanes of at least 4 members (excludes halogenated alkanes) is 38. The molecule has 0 saturated carbocycles. The molecule has 0 aliphatic carbocycles. The summed E-state index contributed by atoms with van der Waals surface area (Å²) >= 11 is 0. The van der Waals surface area contributed by atoms with Crippen molar-refractivity contribution in [1.29, 1.82) is 0 Å². The smallest absolute Gasteiger partial charge is 0.391 e. The lowest BCUT2D eigenvalue weighted by molar-refractivity contribution is -0.870. The predicted molar refractivity (Wildman–Crippen MR) is 282 cm³/mol. The Balaban J connectivity index is 4.11. The van der Waals surface area contributed by atoms with Gasteiger partial charge < -0.3 is 19.8 Å². The van der Waals surface area contributed by atoms with E-state index < -0.39 is 20.0 Å². The van der Waals surface area contributed by atoms with Gasteiger partial charge in [0, 0.05) is 6.42 Å². The van der Waals surface area contributed by atoms with Gasteiger partial charge in [0.1, 0.15) is 13.2 Å². The Kier molecular flexibility index (Phi) is 47.7. The Labute approximate surface area is 405 Å². The summed E-state index contributed by atoms with van der Waals surface area (Å²) in [5.74, 6) is -0.148. The average molecular weight is 943 g/mol. The van der Waals surface area contributed by atoms with Gasteiger partial charge in [-0.2, -0.15) is 0 Å². The second kappa shape index (κ2) is 48.3. The second-order valence-corrected chi connectivity index (χ2v) is 22.5. The van der Waals surface area contributed by atoms with Crippen LogP contribution in [-0.4, -0.2) is 73.4 Å². The number of hydrogen-bond acceptors (Lipinski definition) is 5. The van der Waals surface area contributed by atoms with E-state index in [4.69, 9.17) is 9.05 Å². The van der Waals surface area contributed by atoms with Crippen LogP contribution in [0.4, 0.5) is 0 Å². The van der Waals surface area contributed by atoms with Gasteiger partial charge in [-0.1, -0.05) is 257 Å². The highest BCUT2D eigenvalue weighted by molar-refractivity contribution is 7.47. The highest BCUT2D eigenvalue weighted by Crippen LogP contribution is 2.43. The highest BCUT2D eigenvalue weighted by Gasteiger charge is 2.28. The number of phosphoric ester groups is 1. The van der Waals surface area contributed by atoms with Crippen LogP contribution in [0.15, 0.2) is 12.2 Å². The Hall–Kier alpha value is -0.760. The van der Waals surface area contributed by atoms with Crippen LogP contribution in [0.1, 0.15) is 290 Å². The van der Waals surface area contributed by atoms with E-state index in [2.05, 4.69) is 31.3 Å². The highest BCUT2D eigenvalue weighted by atomic mass is 31.2. The molecule has 0 aromatic heterocycles. The van der Waals surface area contributed by atoms with E-state index in [0.29, 0.717) is 23.9 Å². The third kappa shape index (κ3) is 50.9. The molecular weight excluding hydrogens is 828 g/mol. The summed E-state index contributed by atoms with van der Waals surface area (Å²) in [5, 5.41) is 14.1. The van der Waals surface area contributed by atoms with Gasteiger partial charge >= 0.3 is 7.82 Å². The largest absolute Gasteiger partial charge is 0.472 e. The number of carbonyl (C=O) groups is 1. The molecule has 0 fully saturated rings. The van der Waals surface area contributed by atoms with Gasteiger partial charge in [-0.15, -0.1) is 0 Å². The molecule has 0 aromatic carbocycles. The van der Waals surface area contributed by atoms with Crippen molar-refractivity contribution in [2.75, 3.05) is 40.9 Å². The monoisotopic (exact) mass is 942 g/mol. The van der Waals surface area contributed by atoms with Crippen molar-refractivity contribution >= 4 is 13.7 Å². The van der Waals surface area contributed by atoms with Crippen LogP contribution in [0.3, 0.4) is 0 Å². The van der Waals surface area contributed by atoms with Crippen LogP contribution in [0.25, 0.3) is 0 Å². The van der Waals surface area contributed by atoms with Crippen LogP contribution in [0.2, 0.25) is 0 Å². The summed E-state index contributed by atoms with van der Waals surface area (Å²) in [6, 6.07) is -0.762. The molecule has 0 spiro atoms. The summed E-state index contributed by atoms with van der Waals surface area (Å²) in [5.41, 5.74) is 0. The summed E-state index contributed by atoms with van der Waals surface area (Å²) in [6.07, 6.45) is 58.4. The second-order valence-electron chi connectivity index (χ2n) is 21.0. The van der Waals surface area contributed by atoms with E-state index in [1.54, 1.807) is 0 Å². The maximum atomic E-state index is 13.0. The number of allylic oxidation sites excluding steroid dienone is 2. The van der Waals surface area contributed by atoms with Crippen molar-refractivity contribution in [2.24, 2.45) is 0 Å². The average Bonchev–Trinajstić information content (AvgIpc) is 3.26. The molecule has 0 heterocycles. The zero-order valence-electron chi connectivity index (χ0n) is 44.3. The number of amides is 1. The molecule has 0 saturated heterocycles. The van der Waals surface area contributed by atoms with Gasteiger partial charge in [0.15, 0.2) is 0 Å². The minimum atomic E-state index is -4.32. The summed E-state index contributed by atoms with van der Waals surface area (Å²) < 4.78 is 23.8. The molecule has 0 aromatic rings. The number of carbonyl (C=O) groups excluding carboxylic acids is 1. The molecule has 0 aliphatic heterocycles. The van der Waals surface area contributed by atoms with Gasteiger partial charge in [-0.3, -0.25) is 13.8 Å². The number of hydrogen-bond donors (Lipinski definition) is 3. The number of nitrogens with one attached hydrogen (secondary N) is 1. The van der Waals surface area contributed by atoms with Crippen LogP contribution >= 0.6 is 7.82 Å². The molecule has 388 valence electrons. The van der Waals surface area contributed by atoms with Gasteiger partial charge in [0.2, 0.25) is 5.91 Å². The Morgan fingerprint density at radius 3 is 1.18 bits per heavy atom. The molecule has 0 rings (SSSR count). The van der Waals surface area contributed by atoms with Crippen LogP contribution in [-0.2, 0) is 18.4 Å². The molecule has 0 bridgehead atoms. The van der Waals surface area contributed by atoms with E-state index in [9.17, 15) is 19.4 Å². The van der Waals surface area contributed by atoms with E-state index in [0.717, 1.165) is 51.4 Å². The van der Waals surface area contributed by atoms with Crippen molar-refractivity contribution in [1.82, 2.24) is 5.32 Å². The number of likely N-dealkylation sites (N-methyl/N-ethyl adjacent to an activating group) is 1. The van der Waals surface area contributed by atoms with E-state index in [1.807, 2.05) is 21.1 Å². The Morgan fingerprint density at radius 2 is 0.831 bits per heavy atom. The number of aliphatic hydroxyl groups excluding tert-OH is 1. The third-order valence-corrected chi connectivity index (χ3v) is 14.2. The van der Waals surface area contributed by atoms with Crippen LogP contribution in [0, 0.1) is 0 Å². The zero-order chi connectivity index (χ0) is 47.8. The summed E-state index contributed by atoms with van der Waals surface area (Å²) in [4.78, 5) is 23.3. The molecule has 0 aliphatic rings. The minimum Gasteiger partial charge on any atom is -0.391 e. The molecule has 0 radical (unpaired) electrons. The maximum absolute atomic E-state index is 13.0. The topological polar surface area (TPSA) is 105 Å². The third-order valence-electron chi connectivity index (χ3n) is 13.3. The first-order valence-electron chi connectivity index (χ1n) is 28.6. The van der Waals surface area contributed by atoms with Gasteiger partial charge in [0.25, 0.3) is 0 Å². The molecular formula is C56H114N2O6P+. The fourth-order valence-corrected chi connectivity index (χ4v) is 9.49. The summed E-state index contributed by atoms with van der Waals surface area (Å²) in [7, 11) is 1.62. The van der Waals surface area contributed by atoms with Crippen molar-refractivity contribution < 1.29 is 32.9 Å². The van der Waals surface area contributed by atoms with E-state index >= 15 is 0 Å². The fourth-order valence-electron chi connectivity index (χ4n) is 8.75. The standard InChI is InChI=1S/C56H113N2O6P/c1-6-8-10-12-14-16-18-20-22-24-25-26-27-28-29-30-31-32-33-34-35-37-39-41-43-45-47-49-55(59)54(53-64-65(61,62)63-52-51-58(3,4)5)57-56(60)50-48-46-44-42-40-38-36-23-21-19-17-15-13-11-9-7-2/h23,36,54-55,59H,6-22,24-35,37-53H2,1-5H3,(H-,57,60,61,62)/p+1/b36-23-. The molecule has 9 heteroatoms. The van der Waals surface area contributed by atoms with Crippen LogP contribution in [0.5, 0.6) is 0 Å². The molecule has 3 atom stereocenters. The molecule has 8 nitrogen and oxygen atoms in total. The lowest BCUT2D eigenvalue weighted by Crippen LogP contribution is -2.46. The van der Waals surface area contributed by atoms with Crippen molar-refractivity contribution in [3.8, 4) is 0 Å². The first-order chi connectivity index (χ1) is 31.5. The van der Waals surface area contributed by atoms with Crippen molar-refractivity contribution in [3.05, 3.63) is 12.2 Å². The predicted octanol–water partition coefficient (Wildman–Crippen LogP) is 17.0. The number of quaternary nitrogens is 1. The lowest BCUT2D eigenvalue weighted by Gasteiger charge is -2.26.